The molecule has 0 aliphatic heterocycles. The fourth-order valence-corrected chi connectivity index (χ4v) is 3.76. The molecule has 3 rings (SSSR count). The van der Waals surface area contributed by atoms with E-state index in [-0.39, 0.29) is 0 Å². The summed E-state index contributed by atoms with van der Waals surface area (Å²) in [6.07, 6.45) is 4.62. The molecule has 1 aromatic heterocycles. The van der Waals surface area contributed by atoms with Crippen molar-refractivity contribution in [3.05, 3.63) is 23.2 Å². The maximum Gasteiger partial charge on any atom is 0.120 e. The Hall–Kier alpha value is -1.13. The van der Waals surface area contributed by atoms with Gasteiger partial charge in [0.15, 0.2) is 0 Å². The van der Waals surface area contributed by atoms with Crippen molar-refractivity contribution in [2.75, 3.05) is 7.11 Å². The molecule has 1 aliphatic rings. The molecule has 0 spiro atoms. The van der Waals surface area contributed by atoms with Gasteiger partial charge in [-0.3, -0.25) is 0 Å². The van der Waals surface area contributed by atoms with E-state index >= 15 is 0 Å². The zero-order valence-corrected chi connectivity index (χ0v) is 11.4. The smallest absolute Gasteiger partial charge is 0.120 e. The Morgan fingerprint density at radius 2 is 2.06 bits per heavy atom. The molecule has 3 nitrogen and oxygen atoms in total. The van der Waals surface area contributed by atoms with Crippen molar-refractivity contribution in [3.63, 3.8) is 0 Å². The Morgan fingerprint density at radius 1 is 1.28 bits per heavy atom. The average molecular weight is 262 g/mol. The van der Waals surface area contributed by atoms with Gasteiger partial charge in [0, 0.05) is 12.0 Å². The molecule has 2 N–H and O–H groups in total. The van der Waals surface area contributed by atoms with Gasteiger partial charge in [-0.05, 0) is 43.9 Å². The van der Waals surface area contributed by atoms with E-state index in [4.69, 9.17) is 15.5 Å². The topological polar surface area (TPSA) is 48.1 Å². The standard InChI is InChI=1S/C14H18N2OS/c1-17-11-6-7-12-13(8-11)18-14(16-12)9-2-4-10(15)5-3-9/h6-10H,2-5,15H2,1H3. The van der Waals surface area contributed by atoms with Gasteiger partial charge >= 0.3 is 0 Å². The van der Waals surface area contributed by atoms with Gasteiger partial charge in [-0.1, -0.05) is 0 Å². The molecule has 4 heteroatoms. The second-order valence-corrected chi connectivity index (χ2v) is 6.06. The molecule has 0 atom stereocenters. The highest BCUT2D eigenvalue weighted by atomic mass is 32.1. The van der Waals surface area contributed by atoms with Crippen LogP contribution in [0.15, 0.2) is 18.2 Å². The van der Waals surface area contributed by atoms with Crippen LogP contribution in [0, 0.1) is 0 Å². The molecule has 1 fully saturated rings. The first kappa shape index (κ1) is 11.9. The fourth-order valence-electron chi connectivity index (χ4n) is 2.59. The number of nitrogens with two attached hydrogens (primary N) is 1. The number of aromatic nitrogens is 1. The lowest BCUT2D eigenvalue weighted by Gasteiger charge is -2.24. The fraction of sp³-hybridized carbons (Fsp3) is 0.500. The molecular formula is C14H18N2OS. The number of methoxy groups -OCH3 is 1. The predicted molar refractivity (Wildman–Crippen MR) is 75.4 cm³/mol. The van der Waals surface area contributed by atoms with E-state index in [1.807, 2.05) is 12.1 Å². The zero-order valence-electron chi connectivity index (χ0n) is 10.6. The third-order valence-electron chi connectivity index (χ3n) is 3.73. The molecule has 0 saturated heterocycles. The maximum absolute atomic E-state index is 5.95. The van der Waals surface area contributed by atoms with Crippen molar-refractivity contribution >= 4 is 21.6 Å². The lowest BCUT2D eigenvalue weighted by atomic mass is 9.87. The van der Waals surface area contributed by atoms with Crippen LogP contribution < -0.4 is 10.5 Å². The van der Waals surface area contributed by atoms with Crippen LogP contribution in [-0.4, -0.2) is 18.1 Å². The SMILES string of the molecule is COc1ccc2nc(C3CCC(N)CC3)sc2c1. The van der Waals surface area contributed by atoms with Crippen molar-refractivity contribution in [3.8, 4) is 5.75 Å². The molecular weight excluding hydrogens is 244 g/mol. The van der Waals surface area contributed by atoms with Gasteiger partial charge in [-0.25, -0.2) is 4.98 Å². The summed E-state index contributed by atoms with van der Waals surface area (Å²) in [5.74, 6) is 1.51. The van der Waals surface area contributed by atoms with Gasteiger partial charge in [-0.15, -0.1) is 11.3 Å². The van der Waals surface area contributed by atoms with Gasteiger partial charge < -0.3 is 10.5 Å². The van der Waals surface area contributed by atoms with Gasteiger partial charge in [0.05, 0.1) is 22.3 Å². The van der Waals surface area contributed by atoms with E-state index in [1.54, 1.807) is 18.4 Å². The average Bonchev–Trinajstić information content (AvgIpc) is 2.82. The minimum absolute atomic E-state index is 0.399. The van der Waals surface area contributed by atoms with Crippen molar-refractivity contribution < 1.29 is 4.74 Å². The van der Waals surface area contributed by atoms with Crippen LogP contribution in [0.3, 0.4) is 0 Å². The van der Waals surface area contributed by atoms with E-state index < -0.39 is 0 Å². The first-order chi connectivity index (χ1) is 8.76. The normalized spacial score (nSPS) is 24.3. The summed E-state index contributed by atoms with van der Waals surface area (Å²) >= 11 is 1.80. The summed E-state index contributed by atoms with van der Waals surface area (Å²) in [7, 11) is 1.70. The number of hydrogen-bond donors (Lipinski definition) is 1. The monoisotopic (exact) mass is 262 g/mol. The largest absolute Gasteiger partial charge is 0.497 e. The minimum atomic E-state index is 0.399. The van der Waals surface area contributed by atoms with Gasteiger partial charge in [0.2, 0.25) is 0 Å². The Labute approximate surface area is 111 Å². The highest BCUT2D eigenvalue weighted by Crippen LogP contribution is 2.37. The number of nitrogens with zero attached hydrogens (tertiary/aromatic N) is 1. The molecule has 1 saturated carbocycles. The van der Waals surface area contributed by atoms with Crippen molar-refractivity contribution in [1.29, 1.82) is 0 Å². The van der Waals surface area contributed by atoms with Crippen molar-refractivity contribution in [1.82, 2.24) is 4.98 Å². The minimum Gasteiger partial charge on any atom is -0.497 e. The molecule has 2 aromatic rings. The molecule has 1 aliphatic carbocycles. The van der Waals surface area contributed by atoms with Crippen LogP contribution in [0.1, 0.15) is 36.6 Å². The molecule has 1 heterocycles. The molecule has 18 heavy (non-hydrogen) atoms. The van der Waals surface area contributed by atoms with E-state index in [0.717, 1.165) is 24.1 Å². The summed E-state index contributed by atoms with van der Waals surface area (Å²) < 4.78 is 6.47. The van der Waals surface area contributed by atoms with Crippen molar-refractivity contribution in [2.45, 2.75) is 37.6 Å². The Kier molecular flexibility index (Phi) is 3.22. The van der Waals surface area contributed by atoms with E-state index in [0.29, 0.717) is 12.0 Å². The van der Waals surface area contributed by atoms with Gasteiger partial charge in [0.1, 0.15) is 5.75 Å². The van der Waals surface area contributed by atoms with Crippen LogP contribution in [0.5, 0.6) is 5.75 Å². The number of benzene rings is 1. The second kappa shape index (κ2) is 4.86. The second-order valence-electron chi connectivity index (χ2n) is 5.00. The Morgan fingerprint density at radius 3 is 2.78 bits per heavy atom. The van der Waals surface area contributed by atoms with Gasteiger partial charge in [0.25, 0.3) is 0 Å². The third kappa shape index (κ3) is 2.22. The molecule has 0 bridgehead atoms. The number of fused-ring (bicyclic) bond motifs is 1. The Balaban J connectivity index is 1.88. The van der Waals surface area contributed by atoms with E-state index in [9.17, 15) is 0 Å². The number of thiazole rings is 1. The van der Waals surface area contributed by atoms with Crippen LogP contribution in [-0.2, 0) is 0 Å². The lowest BCUT2D eigenvalue weighted by molar-refractivity contribution is 0.395. The quantitative estimate of drug-likeness (QED) is 0.903. The summed E-state index contributed by atoms with van der Waals surface area (Å²) in [4.78, 5) is 4.76. The van der Waals surface area contributed by atoms with E-state index in [1.165, 1.54) is 22.5 Å². The van der Waals surface area contributed by atoms with E-state index in [2.05, 4.69) is 6.07 Å². The number of hydrogen-bond acceptors (Lipinski definition) is 4. The highest BCUT2D eigenvalue weighted by Gasteiger charge is 2.22. The van der Waals surface area contributed by atoms with Crippen LogP contribution in [0.2, 0.25) is 0 Å². The molecule has 0 radical (unpaired) electrons. The summed E-state index contributed by atoms with van der Waals surface area (Å²) in [5.41, 5.74) is 7.04. The molecule has 1 aromatic carbocycles. The summed E-state index contributed by atoms with van der Waals surface area (Å²) in [5, 5.41) is 1.27. The summed E-state index contributed by atoms with van der Waals surface area (Å²) in [6.45, 7) is 0. The van der Waals surface area contributed by atoms with Crippen LogP contribution >= 0.6 is 11.3 Å². The number of rotatable bonds is 2. The lowest BCUT2D eigenvalue weighted by Crippen LogP contribution is -2.25. The Bertz CT molecular complexity index is 544. The zero-order chi connectivity index (χ0) is 12.5. The first-order valence-electron chi connectivity index (χ1n) is 6.46. The first-order valence-corrected chi connectivity index (χ1v) is 7.28. The predicted octanol–water partition coefficient (Wildman–Crippen LogP) is 3.29. The van der Waals surface area contributed by atoms with Crippen LogP contribution in [0.25, 0.3) is 10.2 Å². The molecule has 0 amide bonds. The maximum atomic E-state index is 5.95. The van der Waals surface area contributed by atoms with Crippen molar-refractivity contribution in [2.24, 2.45) is 5.73 Å². The third-order valence-corrected chi connectivity index (χ3v) is 4.91. The molecule has 96 valence electrons. The van der Waals surface area contributed by atoms with Crippen LogP contribution in [0.4, 0.5) is 0 Å². The van der Waals surface area contributed by atoms with Gasteiger partial charge in [-0.2, -0.15) is 0 Å². The summed E-state index contributed by atoms with van der Waals surface area (Å²) in [6, 6.07) is 6.49. The molecule has 0 unspecified atom stereocenters. The highest BCUT2D eigenvalue weighted by molar-refractivity contribution is 7.18. The number of ether oxygens (including phenoxy) is 1.